The zero-order valence-corrected chi connectivity index (χ0v) is 18.0. The summed E-state index contributed by atoms with van der Waals surface area (Å²) in [5, 5.41) is 10.4. The summed E-state index contributed by atoms with van der Waals surface area (Å²) in [4.78, 5) is 16.6. The van der Waals surface area contributed by atoms with Gasteiger partial charge in [-0.25, -0.2) is 4.79 Å². The molecular formula is C24H28N2O5. The maximum Gasteiger partial charge on any atom is 0.351 e. The predicted molar refractivity (Wildman–Crippen MR) is 116 cm³/mol. The molecule has 1 atom stereocenters. The number of nitrogens with zero attached hydrogens (tertiary/aromatic N) is 2. The molecule has 3 heterocycles. The van der Waals surface area contributed by atoms with Crippen LogP contribution in [-0.2, 0) is 22.4 Å². The highest BCUT2D eigenvalue weighted by Gasteiger charge is 2.21. The van der Waals surface area contributed by atoms with Crippen LogP contribution in [0.25, 0.3) is 11.3 Å². The van der Waals surface area contributed by atoms with E-state index in [1.807, 2.05) is 32.0 Å². The van der Waals surface area contributed by atoms with Crippen LogP contribution < -0.4 is 10.4 Å². The van der Waals surface area contributed by atoms with Crippen molar-refractivity contribution in [1.82, 2.24) is 9.55 Å². The molecule has 2 aliphatic rings. The van der Waals surface area contributed by atoms with Gasteiger partial charge in [0.15, 0.2) is 0 Å². The van der Waals surface area contributed by atoms with E-state index in [2.05, 4.69) is 16.8 Å². The van der Waals surface area contributed by atoms with Gasteiger partial charge < -0.3 is 19.3 Å². The zero-order chi connectivity index (χ0) is 21.8. The fourth-order valence-electron chi connectivity index (χ4n) is 3.78. The van der Waals surface area contributed by atoms with Crippen LogP contribution in [0.5, 0.6) is 5.88 Å². The molecule has 0 amide bonds. The Labute approximate surface area is 182 Å². The molecule has 0 aliphatic carbocycles. The van der Waals surface area contributed by atoms with Crippen LogP contribution in [0.3, 0.4) is 0 Å². The van der Waals surface area contributed by atoms with Crippen LogP contribution in [0.2, 0.25) is 0 Å². The molecule has 0 bridgehead atoms. The maximum atomic E-state index is 12.6. The van der Waals surface area contributed by atoms with E-state index in [0.29, 0.717) is 39.2 Å². The summed E-state index contributed by atoms with van der Waals surface area (Å²) < 4.78 is 18.4. The second-order valence-electron chi connectivity index (χ2n) is 7.90. The van der Waals surface area contributed by atoms with Gasteiger partial charge in [0.05, 0.1) is 25.5 Å². The van der Waals surface area contributed by atoms with E-state index in [1.165, 1.54) is 0 Å². The number of aliphatic hydroxyl groups is 1. The molecular weight excluding hydrogens is 396 g/mol. The quantitative estimate of drug-likeness (QED) is 0.741. The highest BCUT2D eigenvalue weighted by atomic mass is 16.6. The third-order valence-electron chi connectivity index (χ3n) is 5.89. The second-order valence-corrected chi connectivity index (χ2v) is 7.90. The van der Waals surface area contributed by atoms with Crippen molar-refractivity contribution in [2.45, 2.75) is 51.4 Å². The molecule has 1 aromatic carbocycles. The van der Waals surface area contributed by atoms with E-state index >= 15 is 0 Å². The van der Waals surface area contributed by atoms with E-state index in [9.17, 15) is 9.90 Å². The predicted octanol–water partition coefficient (Wildman–Crippen LogP) is 2.16. The fraction of sp³-hybridized carbons (Fsp3) is 0.500. The monoisotopic (exact) mass is 424 g/mol. The van der Waals surface area contributed by atoms with Crippen molar-refractivity contribution in [1.29, 1.82) is 0 Å². The van der Waals surface area contributed by atoms with Crippen LogP contribution in [0, 0.1) is 11.8 Å². The minimum absolute atomic E-state index is 0.160. The molecule has 7 nitrogen and oxygen atoms in total. The Morgan fingerprint density at radius 1 is 1.29 bits per heavy atom. The van der Waals surface area contributed by atoms with Crippen LogP contribution >= 0.6 is 0 Å². The number of ether oxygens (including phenoxy) is 3. The molecule has 31 heavy (non-hydrogen) atoms. The molecule has 1 saturated heterocycles. The lowest BCUT2D eigenvalue weighted by Crippen LogP contribution is -2.34. The Bertz CT molecular complexity index is 1060. The molecule has 4 rings (SSSR count). The van der Waals surface area contributed by atoms with Gasteiger partial charge in [-0.3, -0.25) is 4.57 Å². The Morgan fingerprint density at radius 2 is 2.13 bits per heavy atom. The number of aromatic nitrogens is 2. The summed E-state index contributed by atoms with van der Waals surface area (Å²) in [5.74, 6) is 6.40. The normalized spacial score (nSPS) is 17.8. The van der Waals surface area contributed by atoms with Gasteiger partial charge in [0.1, 0.15) is 18.3 Å². The van der Waals surface area contributed by atoms with Gasteiger partial charge >= 0.3 is 5.69 Å². The molecule has 164 valence electrons. The molecule has 0 spiro atoms. The largest absolute Gasteiger partial charge is 0.475 e. The summed E-state index contributed by atoms with van der Waals surface area (Å²) in [7, 11) is 0. The third kappa shape index (κ3) is 4.82. The van der Waals surface area contributed by atoms with Crippen molar-refractivity contribution in [3.8, 4) is 29.0 Å². The SMILES string of the molecule is CCC(O)(C#Cc1ccc2c(c1)CCn1c-2cc(OCC2COCCO2)nc1=O)CC. The smallest absolute Gasteiger partial charge is 0.351 e. The van der Waals surface area contributed by atoms with Gasteiger partial charge in [-0.15, -0.1) is 0 Å². The molecule has 1 unspecified atom stereocenters. The summed E-state index contributed by atoms with van der Waals surface area (Å²) in [5.41, 5.74) is 2.45. The van der Waals surface area contributed by atoms with Gasteiger partial charge in [0, 0.05) is 23.7 Å². The highest BCUT2D eigenvalue weighted by Crippen LogP contribution is 2.30. The molecule has 2 aromatic rings. The van der Waals surface area contributed by atoms with Gasteiger partial charge in [-0.05, 0) is 37.0 Å². The third-order valence-corrected chi connectivity index (χ3v) is 5.89. The Hall–Kier alpha value is -2.66. The zero-order valence-electron chi connectivity index (χ0n) is 18.0. The number of rotatable bonds is 5. The lowest BCUT2D eigenvalue weighted by Gasteiger charge is -2.24. The van der Waals surface area contributed by atoms with E-state index in [0.717, 1.165) is 28.8 Å². The Balaban J connectivity index is 1.59. The second kappa shape index (κ2) is 9.23. The van der Waals surface area contributed by atoms with Crippen molar-refractivity contribution in [3.63, 3.8) is 0 Å². The topological polar surface area (TPSA) is 82.8 Å². The average molecular weight is 424 g/mol. The molecule has 1 fully saturated rings. The highest BCUT2D eigenvalue weighted by molar-refractivity contribution is 5.68. The first kappa shape index (κ1) is 21.6. The molecule has 1 N–H and O–H groups in total. The summed E-state index contributed by atoms with van der Waals surface area (Å²) in [6.07, 6.45) is 1.74. The molecule has 0 radical (unpaired) electrons. The van der Waals surface area contributed by atoms with Crippen molar-refractivity contribution in [3.05, 3.63) is 45.9 Å². The number of hydrogen-bond donors (Lipinski definition) is 1. The van der Waals surface area contributed by atoms with Crippen LogP contribution in [0.15, 0.2) is 29.1 Å². The van der Waals surface area contributed by atoms with Crippen LogP contribution in [0.4, 0.5) is 0 Å². The lowest BCUT2D eigenvalue weighted by molar-refractivity contribution is -0.102. The van der Waals surface area contributed by atoms with E-state index in [4.69, 9.17) is 14.2 Å². The first-order valence-corrected chi connectivity index (χ1v) is 10.8. The minimum Gasteiger partial charge on any atom is -0.475 e. The van der Waals surface area contributed by atoms with Crippen molar-refractivity contribution >= 4 is 0 Å². The van der Waals surface area contributed by atoms with Crippen LogP contribution in [-0.4, -0.2) is 52.8 Å². The number of benzene rings is 1. The van der Waals surface area contributed by atoms with Crippen LogP contribution in [0.1, 0.15) is 37.8 Å². The number of hydrogen-bond acceptors (Lipinski definition) is 6. The number of fused-ring (bicyclic) bond motifs is 3. The molecule has 2 aliphatic heterocycles. The standard InChI is InChI=1S/C24H28N2O5/c1-3-24(28,4-2)9-7-17-5-6-20-18(13-17)8-10-26-21(20)14-22(25-23(26)27)31-16-19-15-29-11-12-30-19/h5-6,13-14,19,28H,3-4,8,10-12,15-16H2,1-2H3. The van der Waals surface area contributed by atoms with Gasteiger partial charge in [-0.2, -0.15) is 4.98 Å². The fourth-order valence-corrected chi connectivity index (χ4v) is 3.78. The maximum absolute atomic E-state index is 12.6. The van der Waals surface area contributed by atoms with Crippen molar-refractivity contribution in [2.75, 3.05) is 26.4 Å². The van der Waals surface area contributed by atoms with Gasteiger partial charge in [0.25, 0.3) is 0 Å². The van der Waals surface area contributed by atoms with Crippen molar-refractivity contribution in [2.24, 2.45) is 0 Å². The minimum atomic E-state index is -0.958. The molecule has 7 heteroatoms. The average Bonchev–Trinajstić information content (AvgIpc) is 2.81. The van der Waals surface area contributed by atoms with Gasteiger partial charge in [-0.1, -0.05) is 31.8 Å². The summed E-state index contributed by atoms with van der Waals surface area (Å²) in [6, 6.07) is 7.74. The van der Waals surface area contributed by atoms with Crippen molar-refractivity contribution < 1.29 is 19.3 Å². The Morgan fingerprint density at radius 3 is 2.87 bits per heavy atom. The molecule has 0 saturated carbocycles. The van der Waals surface area contributed by atoms with Gasteiger partial charge in [0.2, 0.25) is 5.88 Å². The first-order valence-electron chi connectivity index (χ1n) is 10.8. The number of aryl methyl sites for hydroxylation is 1. The van der Waals surface area contributed by atoms with E-state index in [1.54, 1.807) is 10.6 Å². The van der Waals surface area contributed by atoms with E-state index < -0.39 is 5.60 Å². The first-order chi connectivity index (χ1) is 15.0. The van der Waals surface area contributed by atoms with E-state index in [-0.39, 0.29) is 24.3 Å². The Kier molecular flexibility index (Phi) is 6.42. The summed E-state index contributed by atoms with van der Waals surface area (Å²) in [6.45, 7) is 6.31. The summed E-state index contributed by atoms with van der Waals surface area (Å²) >= 11 is 0. The lowest BCUT2D eigenvalue weighted by atomic mass is 9.94. The molecule has 1 aromatic heterocycles.